The van der Waals surface area contributed by atoms with E-state index in [0.717, 1.165) is 22.4 Å². The van der Waals surface area contributed by atoms with Gasteiger partial charge in [-0.05, 0) is 31.0 Å². The number of aromatic nitrogens is 2. The molecule has 3 nitrogen and oxygen atoms in total. The van der Waals surface area contributed by atoms with Crippen LogP contribution in [0.15, 0.2) is 18.2 Å². The summed E-state index contributed by atoms with van der Waals surface area (Å²) in [6, 6.07) is 5.82. The number of imidazole rings is 1. The Morgan fingerprint density at radius 1 is 1.25 bits per heavy atom. The number of aromatic amines is 1. The van der Waals surface area contributed by atoms with E-state index >= 15 is 0 Å². The molecule has 3 heteroatoms. The van der Waals surface area contributed by atoms with E-state index in [1.54, 1.807) is 0 Å². The third-order valence-electron chi connectivity index (χ3n) is 4.30. The molecular formula is C17H22N2O. The van der Waals surface area contributed by atoms with Gasteiger partial charge in [0.15, 0.2) is 5.78 Å². The van der Waals surface area contributed by atoms with Crippen LogP contribution in [0.25, 0.3) is 11.0 Å². The smallest absolute Gasteiger partial charge is 0.165 e. The largest absolute Gasteiger partial charge is 0.342 e. The molecule has 0 bridgehead atoms. The van der Waals surface area contributed by atoms with Crippen LogP contribution in [0.4, 0.5) is 0 Å². The molecule has 106 valence electrons. The summed E-state index contributed by atoms with van der Waals surface area (Å²) in [6.07, 6.45) is 6.43. The third-order valence-corrected chi connectivity index (χ3v) is 4.30. The van der Waals surface area contributed by atoms with Crippen molar-refractivity contribution in [2.45, 2.75) is 51.9 Å². The Morgan fingerprint density at radius 3 is 2.70 bits per heavy atom. The highest BCUT2D eigenvalue weighted by Gasteiger charge is 2.19. The maximum atomic E-state index is 12.1. The summed E-state index contributed by atoms with van der Waals surface area (Å²) in [6.45, 7) is 3.87. The molecule has 1 aliphatic rings. The van der Waals surface area contributed by atoms with E-state index in [1.807, 2.05) is 32.0 Å². The van der Waals surface area contributed by atoms with E-state index in [1.165, 1.54) is 32.1 Å². The first-order valence-corrected chi connectivity index (χ1v) is 7.69. The zero-order valence-electron chi connectivity index (χ0n) is 12.3. The van der Waals surface area contributed by atoms with Crippen molar-refractivity contribution in [1.29, 1.82) is 0 Å². The first kappa shape index (κ1) is 13.3. The van der Waals surface area contributed by atoms with Crippen LogP contribution in [0.5, 0.6) is 0 Å². The van der Waals surface area contributed by atoms with Crippen LogP contribution in [0.1, 0.15) is 68.1 Å². The maximum Gasteiger partial charge on any atom is 0.165 e. The van der Waals surface area contributed by atoms with Crippen molar-refractivity contribution in [2.75, 3.05) is 0 Å². The Bertz CT molecular complexity index is 621. The summed E-state index contributed by atoms with van der Waals surface area (Å²) in [5.74, 6) is 1.91. The maximum absolute atomic E-state index is 12.1. The fraction of sp³-hybridized carbons (Fsp3) is 0.529. The van der Waals surface area contributed by atoms with Crippen LogP contribution in [-0.2, 0) is 0 Å². The monoisotopic (exact) mass is 270 g/mol. The highest BCUT2D eigenvalue weighted by molar-refractivity contribution is 6.00. The van der Waals surface area contributed by atoms with Gasteiger partial charge in [-0.3, -0.25) is 4.79 Å². The fourth-order valence-corrected chi connectivity index (χ4v) is 3.09. The second-order valence-electron chi connectivity index (χ2n) is 6.21. The van der Waals surface area contributed by atoms with E-state index in [9.17, 15) is 4.79 Å². The minimum atomic E-state index is 0.0354. The SMILES string of the molecule is CC(C)C(=O)c1ccc2nc(C3CCCCC3)[nH]c2c1. The van der Waals surface area contributed by atoms with Crippen molar-refractivity contribution >= 4 is 16.8 Å². The number of rotatable bonds is 3. The molecule has 0 unspecified atom stereocenters. The lowest BCUT2D eigenvalue weighted by molar-refractivity contribution is 0.0939. The van der Waals surface area contributed by atoms with Crippen LogP contribution in [0.3, 0.4) is 0 Å². The van der Waals surface area contributed by atoms with Crippen LogP contribution < -0.4 is 0 Å². The first-order valence-electron chi connectivity index (χ1n) is 7.69. The Labute approximate surface area is 119 Å². The Morgan fingerprint density at radius 2 is 2.00 bits per heavy atom. The summed E-state index contributed by atoms with van der Waals surface area (Å²) in [5.41, 5.74) is 2.76. The number of ketones is 1. The average molecular weight is 270 g/mol. The van der Waals surface area contributed by atoms with Crippen LogP contribution in [0.2, 0.25) is 0 Å². The van der Waals surface area contributed by atoms with Gasteiger partial charge < -0.3 is 4.98 Å². The molecule has 0 atom stereocenters. The van der Waals surface area contributed by atoms with Gasteiger partial charge in [-0.2, -0.15) is 0 Å². The van der Waals surface area contributed by atoms with Crippen molar-refractivity contribution in [3.8, 4) is 0 Å². The molecule has 20 heavy (non-hydrogen) atoms. The summed E-state index contributed by atoms with van der Waals surface area (Å²) >= 11 is 0. The lowest BCUT2D eigenvalue weighted by Gasteiger charge is -2.18. The molecule has 3 rings (SSSR count). The topological polar surface area (TPSA) is 45.8 Å². The van der Waals surface area contributed by atoms with Gasteiger partial charge in [0.1, 0.15) is 5.82 Å². The van der Waals surface area contributed by atoms with Gasteiger partial charge in [0.25, 0.3) is 0 Å². The highest BCUT2D eigenvalue weighted by atomic mass is 16.1. The molecule has 0 saturated heterocycles. The number of H-pyrrole nitrogens is 1. The quantitative estimate of drug-likeness (QED) is 0.837. The van der Waals surface area contributed by atoms with E-state index < -0.39 is 0 Å². The van der Waals surface area contributed by atoms with Gasteiger partial charge in [-0.1, -0.05) is 33.1 Å². The molecule has 1 N–H and O–H groups in total. The van der Waals surface area contributed by atoms with Crippen molar-refractivity contribution < 1.29 is 4.79 Å². The number of Topliss-reactive ketones (excluding diaryl/α,β-unsaturated/α-hetero) is 1. The molecule has 1 aliphatic carbocycles. The Balaban J connectivity index is 1.92. The molecular weight excluding hydrogens is 248 g/mol. The number of carbonyl (C=O) groups is 1. The number of hydrogen-bond acceptors (Lipinski definition) is 2. The normalized spacial score (nSPS) is 16.9. The van der Waals surface area contributed by atoms with Crippen molar-refractivity contribution in [3.63, 3.8) is 0 Å². The Hall–Kier alpha value is -1.64. The molecule has 1 heterocycles. The van der Waals surface area contributed by atoms with Crippen molar-refractivity contribution in [3.05, 3.63) is 29.6 Å². The van der Waals surface area contributed by atoms with E-state index in [4.69, 9.17) is 4.98 Å². The molecule has 0 spiro atoms. The lowest BCUT2D eigenvalue weighted by atomic mass is 9.89. The Kier molecular flexibility index (Phi) is 3.60. The van der Waals surface area contributed by atoms with Crippen molar-refractivity contribution in [1.82, 2.24) is 9.97 Å². The summed E-state index contributed by atoms with van der Waals surface area (Å²) < 4.78 is 0. The summed E-state index contributed by atoms with van der Waals surface area (Å²) in [4.78, 5) is 20.2. The second-order valence-corrected chi connectivity index (χ2v) is 6.21. The first-order chi connectivity index (χ1) is 9.65. The van der Waals surface area contributed by atoms with Gasteiger partial charge in [0.05, 0.1) is 11.0 Å². The molecule has 0 radical (unpaired) electrons. The number of fused-ring (bicyclic) bond motifs is 1. The molecule has 1 fully saturated rings. The standard InChI is InChI=1S/C17H22N2O/c1-11(2)16(20)13-8-9-14-15(10-13)19-17(18-14)12-6-4-3-5-7-12/h8-12H,3-7H2,1-2H3,(H,18,19). The summed E-state index contributed by atoms with van der Waals surface area (Å²) in [7, 11) is 0. The zero-order valence-corrected chi connectivity index (χ0v) is 12.3. The minimum absolute atomic E-state index is 0.0354. The third kappa shape index (κ3) is 2.49. The van der Waals surface area contributed by atoms with Gasteiger partial charge >= 0.3 is 0 Å². The highest BCUT2D eigenvalue weighted by Crippen LogP contribution is 2.32. The predicted molar refractivity (Wildman–Crippen MR) is 81.1 cm³/mol. The molecule has 1 aromatic heterocycles. The number of carbonyl (C=O) groups excluding carboxylic acids is 1. The minimum Gasteiger partial charge on any atom is -0.342 e. The van der Waals surface area contributed by atoms with Crippen molar-refractivity contribution in [2.24, 2.45) is 5.92 Å². The second kappa shape index (κ2) is 5.39. The fourth-order valence-electron chi connectivity index (χ4n) is 3.09. The molecule has 2 aromatic rings. The van der Waals surface area contributed by atoms with Crippen LogP contribution in [-0.4, -0.2) is 15.8 Å². The van der Waals surface area contributed by atoms with E-state index in [0.29, 0.717) is 5.92 Å². The lowest BCUT2D eigenvalue weighted by Crippen LogP contribution is -2.07. The predicted octanol–water partition coefficient (Wildman–Crippen LogP) is 4.45. The van der Waals surface area contributed by atoms with Gasteiger partial charge in [0.2, 0.25) is 0 Å². The molecule has 0 amide bonds. The van der Waals surface area contributed by atoms with E-state index in [-0.39, 0.29) is 11.7 Å². The van der Waals surface area contributed by atoms with Gasteiger partial charge in [-0.15, -0.1) is 0 Å². The van der Waals surface area contributed by atoms with Gasteiger partial charge in [-0.25, -0.2) is 4.98 Å². The van der Waals surface area contributed by atoms with Crippen LogP contribution >= 0.6 is 0 Å². The molecule has 1 aromatic carbocycles. The van der Waals surface area contributed by atoms with E-state index in [2.05, 4.69) is 4.98 Å². The summed E-state index contributed by atoms with van der Waals surface area (Å²) in [5, 5.41) is 0. The average Bonchev–Trinajstić information content (AvgIpc) is 2.90. The zero-order chi connectivity index (χ0) is 14.1. The number of nitrogens with one attached hydrogen (secondary N) is 1. The van der Waals surface area contributed by atoms with Gasteiger partial charge in [0, 0.05) is 17.4 Å². The molecule has 1 saturated carbocycles. The molecule has 0 aliphatic heterocycles. The number of benzene rings is 1. The van der Waals surface area contributed by atoms with Crippen LogP contribution in [0, 0.1) is 5.92 Å². The number of nitrogens with zero attached hydrogens (tertiary/aromatic N) is 1. The number of hydrogen-bond donors (Lipinski definition) is 1.